The van der Waals surface area contributed by atoms with Gasteiger partial charge in [-0.3, -0.25) is 5.41 Å². The molecule has 5 heteroatoms. The molecule has 0 unspecified atom stereocenters. The van der Waals surface area contributed by atoms with Gasteiger partial charge in [0.2, 0.25) is 0 Å². The third kappa shape index (κ3) is 3.08. The van der Waals surface area contributed by atoms with Crippen LogP contribution in [0.5, 0.6) is 0 Å². The number of nitrogens with zero attached hydrogens (tertiary/aromatic N) is 1. The first-order valence-corrected chi connectivity index (χ1v) is 6.50. The van der Waals surface area contributed by atoms with E-state index in [4.69, 9.17) is 11.1 Å². The number of benzene rings is 1. The SMILES string of the molecule is N=C(N)c1ccccc1Sc1ccc(Br)cn1. The van der Waals surface area contributed by atoms with E-state index in [1.807, 2.05) is 36.4 Å². The Hall–Kier alpha value is -1.33. The molecule has 86 valence electrons. The van der Waals surface area contributed by atoms with Crippen LogP contribution in [-0.2, 0) is 0 Å². The predicted molar refractivity (Wildman–Crippen MR) is 73.5 cm³/mol. The van der Waals surface area contributed by atoms with Crippen LogP contribution in [0.1, 0.15) is 5.56 Å². The number of hydrogen-bond acceptors (Lipinski definition) is 3. The van der Waals surface area contributed by atoms with Crippen molar-refractivity contribution < 1.29 is 0 Å². The van der Waals surface area contributed by atoms with Crippen molar-refractivity contribution in [2.24, 2.45) is 5.73 Å². The van der Waals surface area contributed by atoms with Crippen molar-refractivity contribution in [1.82, 2.24) is 4.98 Å². The van der Waals surface area contributed by atoms with Gasteiger partial charge in [0.25, 0.3) is 0 Å². The Bertz CT molecular complexity index is 540. The molecule has 0 radical (unpaired) electrons. The Kier molecular flexibility index (Phi) is 3.81. The first-order chi connectivity index (χ1) is 8.16. The van der Waals surface area contributed by atoms with Gasteiger partial charge in [-0.05, 0) is 34.1 Å². The van der Waals surface area contributed by atoms with Gasteiger partial charge in [-0.25, -0.2) is 4.98 Å². The fourth-order valence-electron chi connectivity index (χ4n) is 1.31. The largest absolute Gasteiger partial charge is 0.384 e. The Morgan fingerprint density at radius 2 is 2.00 bits per heavy atom. The molecule has 0 fully saturated rings. The molecule has 0 atom stereocenters. The van der Waals surface area contributed by atoms with Crippen LogP contribution in [0.2, 0.25) is 0 Å². The maximum absolute atomic E-state index is 7.51. The molecule has 0 aliphatic carbocycles. The lowest BCUT2D eigenvalue weighted by Gasteiger charge is -2.06. The van der Waals surface area contributed by atoms with Crippen molar-refractivity contribution in [2.45, 2.75) is 9.92 Å². The van der Waals surface area contributed by atoms with Crippen molar-refractivity contribution in [2.75, 3.05) is 0 Å². The van der Waals surface area contributed by atoms with Gasteiger partial charge in [-0.1, -0.05) is 30.0 Å². The van der Waals surface area contributed by atoms with E-state index < -0.39 is 0 Å². The third-order valence-corrected chi connectivity index (χ3v) is 3.59. The standard InChI is InChI=1S/C12H10BrN3S/c13-8-5-6-11(16-7-8)17-10-4-2-1-3-9(10)12(14)15/h1-7H,(H3,14,15). The molecule has 0 amide bonds. The molecule has 0 saturated carbocycles. The van der Waals surface area contributed by atoms with Crippen molar-refractivity contribution >= 4 is 33.5 Å². The minimum absolute atomic E-state index is 0.0743. The van der Waals surface area contributed by atoms with Crippen LogP contribution in [-0.4, -0.2) is 10.8 Å². The first-order valence-electron chi connectivity index (χ1n) is 4.89. The second-order valence-corrected chi connectivity index (χ2v) is 5.30. The van der Waals surface area contributed by atoms with Crippen LogP contribution < -0.4 is 5.73 Å². The van der Waals surface area contributed by atoms with Crippen molar-refractivity contribution in [3.63, 3.8) is 0 Å². The fourth-order valence-corrected chi connectivity index (χ4v) is 2.45. The van der Waals surface area contributed by atoms with Gasteiger partial charge in [-0.2, -0.15) is 0 Å². The molecule has 0 aliphatic rings. The van der Waals surface area contributed by atoms with E-state index in [1.54, 1.807) is 6.20 Å². The average molecular weight is 308 g/mol. The molecule has 3 nitrogen and oxygen atoms in total. The molecule has 17 heavy (non-hydrogen) atoms. The van der Waals surface area contributed by atoms with Gasteiger partial charge in [0.1, 0.15) is 10.9 Å². The molecule has 1 aromatic carbocycles. The second kappa shape index (κ2) is 5.33. The van der Waals surface area contributed by atoms with E-state index in [0.717, 1.165) is 20.0 Å². The van der Waals surface area contributed by atoms with Crippen LogP contribution in [0.4, 0.5) is 0 Å². The Morgan fingerprint density at radius 3 is 2.65 bits per heavy atom. The van der Waals surface area contributed by atoms with Crippen molar-refractivity contribution in [1.29, 1.82) is 5.41 Å². The minimum atomic E-state index is 0.0743. The van der Waals surface area contributed by atoms with Crippen LogP contribution in [0.25, 0.3) is 0 Å². The second-order valence-electron chi connectivity index (χ2n) is 3.33. The lowest BCUT2D eigenvalue weighted by molar-refractivity contribution is 1.12. The highest BCUT2D eigenvalue weighted by molar-refractivity contribution is 9.10. The highest BCUT2D eigenvalue weighted by Gasteiger charge is 2.06. The van der Waals surface area contributed by atoms with Gasteiger partial charge in [-0.15, -0.1) is 0 Å². The molecule has 0 bridgehead atoms. The predicted octanol–water partition coefficient (Wildman–Crippen LogP) is 3.28. The molecule has 0 saturated heterocycles. The summed E-state index contributed by atoms with van der Waals surface area (Å²) in [4.78, 5) is 5.22. The number of hydrogen-bond donors (Lipinski definition) is 2. The van der Waals surface area contributed by atoms with Crippen LogP contribution >= 0.6 is 27.7 Å². The summed E-state index contributed by atoms with van der Waals surface area (Å²) in [6.45, 7) is 0. The molecule has 3 N–H and O–H groups in total. The monoisotopic (exact) mass is 307 g/mol. The van der Waals surface area contributed by atoms with Crippen LogP contribution in [0.15, 0.2) is 57.0 Å². The van der Waals surface area contributed by atoms with Gasteiger partial charge in [0, 0.05) is 21.1 Å². The summed E-state index contributed by atoms with van der Waals surface area (Å²) in [5.74, 6) is 0.0743. The molecular weight excluding hydrogens is 298 g/mol. The number of pyridine rings is 1. The van der Waals surface area contributed by atoms with Gasteiger partial charge in [0.05, 0.1) is 0 Å². The van der Waals surface area contributed by atoms with E-state index in [2.05, 4.69) is 20.9 Å². The van der Waals surface area contributed by atoms with E-state index in [-0.39, 0.29) is 5.84 Å². The quantitative estimate of drug-likeness (QED) is 0.675. The van der Waals surface area contributed by atoms with Crippen LogP contribution in [0, 0.1) is 5.41 Å². The molecule has 2 rings (SSSR count). The topological polar surface area (TPSA) is 62.8 Å². The van der Waals surface area contributed by atoms with Crippen molar-refractivity contribution in [3.05, 3.63) is 52.6 Å². The van der Waals surface area contributed by atoms with Crippen LogP contribution in [0.3, 0.4) is 0 Å². The zero-order valence-corrected chi connectivity index (χ0v) is 11.3. The summed E-state index contributed by atoms with van der Waals surface area (Å²) in [7, 11) is 0. The fraction of sp³-hybridized carbons (Fsp3) is 0. The number of halogens is 1. The van der Waals surface area contributed by atoms with Gasteiger partial charge < -0.3 is 5.73 Å². The highest BCUT2D eigenvalue weighted by Crippen LogP contribution is 2.29. The van der Waals surface area contributed by atoms with Gasteiger partial charge in [0.15, 0.2) is 0 Å². The number of amidine groups is 1. The summed E-state index contributed by atoms with van der Waals surface area (Å²) in [6, 6.07) is 11.4. The lowest BCUT2D eigenvalue weighted by Crippen LogP contribution is -2.11. The highest BCUT2D eigenvalue weighted by atomic mass is 79.9. The average Bonchev–Trinajstić information content (AvgIpc) is 2.32. The normalized spacial score (nSPS) is 10.2. The Labute approximate surface area is 112 Å². The Balaban J connectivity index is 2.30. The maximum atomic E-state index is 7.51. The summed E-state index contributed by atoms with van der Waals surface area (Å²) in [5.41, 5.74) is 6.27. The number of rotatable bonds is 3. The number of aromatic nitrogens is 1. The third-order valence-electron chi connectivity index (χ3n) is 2.09. The number of nitrogens with one attached hydrogen (secondary N) is 1. The van der Waals surface area contributed by atoms with E-state index in [0.29, 0.717) is 0 Å². The number of nitrogens with two attached hydrogens (primary N) is 1. The maximum Gasteiger partial charge on any atom is 0.123 e. The summed E-state index contributed by atoms with van der Waals surface area (Å²) < 4.78 is 0.946. The molecular formula is C12H10BrN3S. The van der Waals surface area contributed by atoms with E-state index in [9.17, 15) is 0 Å². The summed E-state index contributed by atoms with van der Waals surface area (Å²) >= 11 is 4.84. The number of nitrogen functional groups attached to an aromatic ring is 1. The molecule has 0 aliphatic heterocycles. The Morgan fingerprint density at radius 1 is 1.24 bits per heavy atom. The molecule has 1 aromatic heterocycles. The van der Waals surface area contributed by atoms with E-state index in [1.165, 1.54) is 11.8 Å². The zero-order valence-electron chi connectivity index (χ0n) is 8.85. The summed E-state index contributed by atoms with van der Waals surface area (Å²) in [6.07, 6.45) is 1.75. The minimum Gasteiger partial charge on any atom is -0.384 e. The van der Waals surface area contributed by atoms with Gasteiger partial charge >= 0.3 is 0 Å². The first kappa shape index (κ1) is 12.1. The smallest absolute Gasteiger partial charge is 0.123 e. The van der Waals surface area contributed by atoms with Crippen molar-refractivity contribution in [3.8, 4) is 0 Å². The molecule has 2 aromatic rings. The lowest BCUT2D eigenvalue weighted by atomic mass is 10.2. The molecule has 0 spiro atoms. The van der Waals surface area contributed by atoms with E-state index >= 15 is 0 Å². The molecule has 1 heterocycles. The summed E-state index contributed by atoms with van der Waals surface area (Å²) in [5, 5.41) is 8.39. The zero-order chi connectivity index (χ0) is 12.3.